The third-order valence-corrected chi connectivity index (χ3v) is 6.02. The van der Waals surface area contributed by atoms with Gasteiger partial charge in [-0.3, -0.25) is 14.4 Å². The Morgan fingerprint density at radius 2 is 1.91 bits per heavy atom. The molecule has 0 saturated carbocycles. The highest BCUT2D eigenvalue weighted by Gasteiger charge is 2.45. The van der Waals surface area contributed by atoms with Crippen LogP contribution in [-0.4, -0.2) is 39.2 Å². The molecule has 0 aliphatic carbocycles. The molecule has 3 aromatic rings. The maximum absolute atomic E-state index is 13.8. The number of benzene rings is 2. The van der Waals surface area contributed by atoms with E-state index in [0.29, 0.717) is 6.07 Å². The molecule has 8 nitrogen and oxygen atoms in total. The molecule has 3 heterocycles. The predicted molar refractivity (Wildman–Crippen MR) is 115 cm³/mol. The second kappa shape index (κ2) is 8.38. The number of carbonyl (C=O) groups is 2. The van der Waals surface area contributed by atoms with Gasteiger partial charge in [0.1, 0.15) is 17.2 Å². The number of ether oxygens (including phenoxy) is 1. The number of aromatic nitrogens is 1. The van der Waals surface area contributed by atoms with Crippen molar-refractivity contribution in [2.24, 2.45) is 0 Å². The summed E-state index contributed by atoms with van der Waals surface area (Å²) in [6, 6.07) is 11.8. The van der Waals surface area contributed by atoms with Gasteiger partial charge in [0, 0.05) is 24.4 Å². The molecule has 10 heteroatoms. The quantitative estimate of drug-likeness (QED) is 0.614. The molecule has 2 aliphatic heterocycles. The minimum Gasteiger partial charge on any atom is -0.503 e. The molecule has 1 saturated heterocycles. The summed E-state index contributed by atoms with van der Waals surface area (Å²) >= 11 is 0. The van der Waals surface area contributed by atoms with Gasteiger partial charge in [-0.1, -0.05) is 36.4 Å². The van der Waals surface area contributed by atoms with Crippen LogP contribution in [0.3, 0.4) is 0 Å². The number of hydrogen-bond acceptors (Lipinski definition) is 5. The van der Waals surface area contributed by atoms with Crippen molar-refractivity contribution in [3.63, 3.8) is 0 Å². The fraction of sp³-hybridized carbons (Fsp3) is 0.208. The van der Waals surface area contributed by atoms with Gasteiger partial charge < -0.3 is 24.6 Å². The molecule has 2 atom stereocenters. The van der Waals surface area contributed by atoms with E-state index in [1.807, 2.05) is 30.3 Å². The molecule has 5 rings (SSSR count). The van der Waals surface area contributed by atoms with E-state index in [9.17, 15) is 28.3 Å². The van der Waals surface area contributed by atoms with Crippen molar-refractivity contribution in [2.75, 3.05) is 6.61 Å². The van der Waals surface area contributed by atoms with Gasteiger partial charge in [-0.2, -0.15) is 0 Å². The third kappa shape index (κ3) is 3.61. The number of aromatic hydroxyl groups is 1. The second-order valence-corrected chi connectivity index (χ2v) is 8.07. The number of nitrogens with one attached hydrogen (secondary N) is 1. The number of pyridine rings is 1. The molecule has 1 fully saturated rings. The number of fused-ring (bicyclic) bond motifs is 2. The molecule has 0 unspecified atom stereocenters. The summed E-state index contributed by atoms with van der Waals surface area (Å²) in [5, 5.41) is 13.0. The summed E-state index contributed by atoms with van der Waals surface area (Å²) in [6.07, 6.45) is 0.540. The van der Waals surface area contributed by atoms with Gasteiger partial charge in [0.05, 0.1) is 19.2 Å². The van der Waals surface area contributed by atoms with E-state index in [1.165, 1.54) is 21.7 Å². The van der Waals surface area contributed by atoms with Gasteiger partial charge >= 0.3 is 0 Å². The molecule has 34 heavy (non-hydrogen) atoms. The summed E-state index contributed by atoms with van der Waals surface area (Å²) in [6.45, 7) is 0.0474. The SMILES string of the molecule is O=C(NCc1ccc(F)cc1F)c1cn2c(c(O)c1=O)C(=O)N1[C@@H](c3ccccc3)CO[C@@H]1C2. The normalized spacial score (nSPS) is 19.0. The molecule has 2 aliphatic rings. The first-order chi connectivity index (χ1) is 16.3. The Labute approximate surface area is 192 Å². The first-order valence-corrected chi connectivity index (χ1v) is 10.5. The van der Waals surface area contributed by atoms with Crippen molar-refractivity contribution in [3.05, 3.63) is 99.0 Å². The van der Waals surface area contributed by atoms with Gasteiger partial charge in [-0.15, -0.1) is 0 Å². The summed E-state index contributed by atoms with van der Waals surface area (Å²) in [5.41, 5.74) is -0.783. The Hall–Kier alpha value is -4.05. The lowest BCUT2D eigenvalue weighted by molar-refractivity contribution is 0.00564. The van der Waals surface area contributed by atoms with Crippen LogP contribution in [0.1, 0.15) is 38.0 Å². The van der Waals surface area contributed by atoms with Crippen LogP contribution in [0.25, 0.3) is 0 Å². The van der Waals surface area contributed by atoms with Crippen LogP contribution in [0, 0.1) is 11.6 Å². The van der Waals surface area contributed by atoms with Crippen LogP contribution in [0.5, 0.6) is 5.75 Å². The lowest BCUT2D eigenvalue weighted by Crippen LogP contribution is -2.47. The van der Waals surface area contributed by atoms with Crippen molar-refractivity contribution in [3.8, 4) is 5.75 Å². The van der Waals surface area contributed by atoms with E-state index in [1.54, 1.807) is 0 Å². The smallest absolute Gasteiger partial charge is 0.277 e. The maximum Gasteiger partial charge on any atom is 0.277 e. The van der Waals surface area contributed by atoms with Crippen LogP contribution in [0.2, 0.25) is 0 Å². The van der Waals surface area contributed by atoms with Crippen LogP contribution in [0.4, 0.5) is 8.78 Å². The van der Waals surface area contributed by atoms with E-state index in [0.717, 1.165) is 11.6 Å². The van der Waals surface area contributed by atoms with Gasteiger partial charge in [-0.05, 0) is 11.6 Å². The molecule has 0 spiro atoms. The number of halogens is 2. The zero-order chi connectivity index (χ0) is 24.0. The summed E-state index contributed by atoms with van der Waals surface area (Å²) in [7, 11) is 0. The van der Waals surface area contributed by atoms with Crippen molar-refractivity contribution in [1.82, 2.24) is 14.8 Å². The van der Waals surface area contributed by atoms with Crippen LogP contribution < -0.4 is 10.7 Å². The molecular formula is C24H19F2N3O5. The van der Waals surface area contributed by atoms with E-state index in [4.69, 9.17) is 4.74 Å². The van der Waals surface area contributed by atoms with Crippen LogP contribution in [-0.2, 0) is 17.8 Å². The number of rotatable bonds is 4. The number of hydrogen-bond donors (Lipinski definition) is 2. The fourth-order valence-electron chi connectivity index (χ4n) is 4.31. The highest BCUT2D eigenvalue weighted by molar-refractivity contribution is 5.99. The fourth-order valence-corrected chi connectivity index (χ4v) is 4.31. The van der Waals surface area contributed by atoms with E-state index >= 15 is 0 Å². The van der Waals surface area contributed by atoms with Crippen LogP contribution in [0.15, 0.2) is 59.5 Å². The lowest BCUT2D eigenvalue weighted by atomic mass is 10.0. The molecule has 0 bridgehead atoms. The van der Waals surface area contributed by atoms with Crippen molar-refractivity contribution in [1.29, 1.82) is 0 Å². The van der Waals surface area contributed by atoms with Gasteiger partial charge in [0.15, 0.2) is 17.7 Å². The average molecular weight is 467 g/mol. The summed E-state index contributed by atoms with van der Waals surface area (Å²) in [5.74, 6) is -3.90. The first kappa shape index (κ1) is 21.8. The van der Waals surface area contributed by atoms with Gasteiger partial charge in [-0.25, -0.2) is 8.78 Å². The number of nitrogens with zero attached hydrogens (tertiary/aromatic N) is 2. The second-order valence-electron chi connectivity index (χ2n) is 8.07. The molecule has 2 aromatic carbocycles. The maximum atomic E-state index is 13.8. The minimum absolute atomic E-state index is 0.0224. The van der Waals surface area contributed by atoms with E-state index in [-0.39, 0.29) is 37.0 Å². The Kier molecular flexibility index (Phi) is 5.37. The third-order valence-electron chi connectivity index (χ3n) is 6.02. The molecule has 2 amide bonds. The predicted octanol–water partition coefficient (Wildman–Crippen LogP) is 2.32. The first-order valence-electron chi connectivity index (χ1n) is 10.5. The monoisotopic (exact) mass is 467 g/mol. The zero-order valence-electron chi connectivity index (χ0n) is 17.7. The standard InChI is InChI=1S/C24H19F2N3O5/c25-15-7-6-14(17(26)8-15)9-27-23(32)16-10-28-11-19-29(24(33)20(28)22(31)21(16)30)18(12-34-19)13-4-2-1-3-5-13/h1-8,10,18-19,31H,9,11-12H2,(H,27,32)/t18-,19-/m1/s1. The Morgan fingerprint density at radius 1 is 1.15 bits per heavy atom. The molecule has 1 aromatic heterocycles. The number of carbonyl (C=O) groups excluding carboxylic acids is 2. The van der Waals surface area contributed by atoms with Crippen molar-refractivity contribution in [2.45, 2.75) is 25.4 Å². The summed E-state index contributed by atoms with van der Waals surface area (Å²) < 4.78 is 34.0. The number of amides is 2. The van der Waals surface area contributed by atoms with Crippen molar-refractivity contribution >= 4 is 11.8 Å². The zero-order valence-corrected chi connectivity index (χ0v) is 17.7. The molecule has 174 valence electrons. The molecule has 0 radical (unpaired) electrons. The topological polar surface area (TPSA) is 101 Å². The Bertz CT molecular complexity index is 1360. The van der Waals surface area contributed by atoms with Crippen LogP contribution >= 0.6 is 0 Å². The van der Waals surface area contributed by atoms with E-state index in [2.05, 4.69) is 5.32 Å². The van der Waals surface area contributed by atoms with Gasteiger partial charge in [0.25, 0.3) is 11.8 Å². The highest BCUT2D eigenvalue weighted by atomic mass is 19.1. The largest absolute Gasteiger partial charge is 0.503 e. The minimum atomic E-state index is -1.02. The molecule has 2 N–H and O–H groups in total. The Balaban J connectivity index is 1.43. The average Bonchev–Trinajstić information content (AvgIpc) is 3.25. The summed E-state index contributed by atoms with van der Waals surface area (Å²) in [4.78, 5) is 40.1. The van der Waals surface area contributed by atoms with E-state index < -0.39 is 46.4 Å². The highest BCUT2D eigenvalue weighted by Crippen LogP contribution is 2.36. The Morgan fingerprint density at radius 3 is 2.65 bits per heavy atom. The molecular weight excluding hydrogens is 448 g/mol. The lowest BCUT2D eigenvalue weighted by Gasteiger charge is -2.34. The van der Waals surface area contributed by atoms with Gasteiger partial charge in [0.2, 0.25) is 5.43 Å². The van der Waals surface area contributed by atoms with Crippen molar-refractivity contribution < 1.29 is 28.2 Å².